The molecule has 112 valence electrons. The van der Waals surface area contributed by atoms with Crippen molar-refractivity contribution in [3.05, 3.63) is 52.6 Å². The maximum absolute atomic E-state index is 13.1. The van der Waals surface area contributed by atoms with Crippen LogP contribution in [0.15, 0.2) is 35.5 Å². The highest BCUT2D eigenvalue weighted by atomic mass is 35.5. The number of hydrogen-bond acceptors (Lipinski definition) is 2. The number of guanidine groups is 1. The number of nitrogens with one attached hydrogen (secondary N) is 2. The van der Waals surface area contributed by atoms with Gasteiger partial charge in [-0.3, -0.25) is 9.67 Å². The molecule has 0 atom stereocenters. The molecule has 7 heteroatoms. The van der Waals surface area contributed by atoms with E-state index in [-0.39, 0.29) is 5.02 Å². The summed E-state index contributed by atoms with van der Waals surface area (Å²) in [7, 11) is 3.57. The molecule has 0 aliphatic heterocycles. The Morgan fingerprint density at radius 3 is 2.71 bits per heavy atom. The highest BCUT2D eigenvalue weighted by Gasteiger charge is 2.03. The number of nitrogens with zero attached hydrogens (tertiary/aromatic N) is 3. The average Bonchev–Trinajstić information content (AvgIpc) is 2.88. The number of aromatic nitrogens is 2. The molecular weight excluding hydrogens is 293 g/mol. The fourth-order valence-corrected chi connectivity index (χ4v) is 2.01. The quantitative estimate of drug-likeness (QED) is 0.671. The summed E-state index contributed by atoms with van der Waals surface area (Å²) in [6.45, 7) is 1.12. The molecule has 0 spiro atoms. The van der Waals surface area contributed by atoms with Crippen molar-refractivity contribution in [3.63, 3.8) is 0 Å². The second-order valence-corrected chi connectivity index (χ2v) is 4.88. The predicted octanol–water partition coefficient (Wildman–Crippen LogP) is 2.08. The monoisotopic (exact) mass is 309 g/mol. The first-order valence-corrected chi connectivity index (χ1v) is 6.83. The number of rotatable bonds is 4. The van der Waals surface area contributed by atoms with Gasteiger partial charge < -0.3 is 10.6 Å². The SMILES string of the molecule is CN=C(NCc1ccc(F)c(Cl)c1)NCc1ccnn1C. The van der Waals surface area contributed by atoms with Crippen molar-refractivity contribution < 1.29 is 4.39 Å². The zero-order chi connectivity index (χ0) is 15.2. The zero-order valence-electron chi connectivity index (χ0n) is 11.9. The molecular formula is C14H17ClFN5. The van der Waals surface area contributed by atoms with Gasteiger partial charge in [-0.1, -0.05) is 17.7 Å². The molecule has 0 amide bonds. The molecule has 0 bridgehead atoms. The highest BCUT2D eigenvalue weighted by Crippen LogP contribution is 2.15. The van der Waals surface area contributed by atoms with Crippen molar-refractivity contribution in [3.8, 4) is 0 Å². The molecule has 0 unspecified atom stereocenters. The van der Waals surface area contributed by atoms with Gasteiger partial charge in [-0.25, -0.2) is 4.39 Å². The van der Waals surface area contributed by atoms with Crippen LogP contribution in [0, 0.1) is 5.82 Å². The first kappa shape index (κ1) is 15.3. The molecule has 1 aromatic carbocycles. The molecule has 21 heavy (non-hydrogen) atoms. The highest BCUT2D eigenvalue weighted by molar-refractivity contribution is 6.30. The van der Waals surface area contributed by atoms with Crippen molar-refractivity contribution in [2.75, 3.05) is 7.05 Å². The van der Waals surface area contributed by atoms with Gasteiger partial charge in [0.2, 0.25) is 0 Å². The van der Waals surface area contributed by atoms with E-state index in [2.05, 4.69) is 20.7 Å². The number of aryl methyl sites for hydroxylation is 1. The standard InChI is InChI=1S/C14H17ClFN5/c1-17-14(19-9-11-5-6-20-21(11)2)18-8-10-3-4-13(16)12(15)7-10/h3-7H,8-9H2,1-2H3,(H2,17,18,19). The van der Waals surface area contributed by atoms with Crippen LogP contribution in [-0.2, 0) is 20.1 Å². The third-order valence-corrected chi connectivity index (χ3v) is 3.32. The summed E-state index contributed by atoms with van der Waals surface area (Å²) in [6.07, 6.45) is 1.74. The van der Waals surface area contributed by atoms with E-state index in [1.807, 2.05) is 13.1 Å². The molecule has 1 aromatic heterocycles. The largest absolute Gasteiger partial charge is 0.352 e. The Labute approximate surface area is 127 Å². The normalized spacial score (nSPS) is 11.5. The van der Waals surface area contributed by atoms with Crippen LogP contribution in [0.3, 0.4) is 0 Å². The first-order valence-electron chi connectivity index (χ1n) is 6.45. The van der Waals surface area contributed by atoms with Gasteiger partial charge in [-0.15, -0.1) is 0 Å². The Kier molecular flexibility index (Phi) is 5.16. The van der Waals surface area contributed by atoms with E-state index < -0.39 is 5.82 Å². The number of aliphatic imine (C=N–C) groups is 1. The van der Waals surface area contributed by atoms with Gasteiger partial charge in [-0.05, 0) is 23.8 Å². The van der Waals surface area contributed by atoms with E-state index in [0.29, 0.717) is 19.0 Å². The van der Waals surface area contributed by atoms with Crippen molar-refractivity contribution in [1.29, 1.82) is 0 Å². The van der Waals surface area contributed by atoms with Gasteiger partial charge in [-0.2, -0.15) is 5.10 Å². The lowest BCUT2D eigenvalue weighted by molar-refractivity contribution is 0.627. The van der Waals surface area contributed by atoms with Crippen LogP contribution in [0.4, 0.5) is 4.39 Å². The second-order valence-electron chi connectivity index (χ2n) is 4.47. The zero-order valence-corrected chi connectivity index (χ0v) is 12.7. The fraction of sp³-hybridized carbons (Fsp3) is 0.286. The topological polar surface area (TPSA) is 54.2 Å². The predicted molar refractivity (Wildman–Crippen MR) is 81.7 cm³/mol. The van der Waals surface area contributed by atoms with Gasteiger partial charge in [0, 0.05) is 26.8 Å². The van der Waals surface area contributed by atoms with E-state index in [9.17, 15) is 4.39 Å². The van der Waals surface area contributed by atoms with Crippen LogP contribution >= 0.6 is 11.6 Å². The first-order chi connectivity index (χ1) is 10.1. The van der Waals surface area contributed by atoms with Crippen LogP contribution in [-0.4, -0.2) is 22.8 Å². The van der Waals surface area contributed by atoms with Crippen molar-refractivity contribution in [2.24, 2.45) is 12.0 Å². The molecule has 0 radical (unpaired) electrons. The van der Waals surface area contributed by atoms with Crippen molar-refractivity contribution in [1.82, 2.24) is 20.4 Å². The Morgan fingerprint density at radius 2 is 2.10 bits per heavy atom. The summed E-state index contributed by atoms with van der Waals surface area (Å²) in [6, 6.07) is 6.56. The van der Waals surface area contributed by atoms with E-state index in [1.165, 1.54) is 6.07 Å². The van der Waals surface area contributed by atoms with E-state index in [4.69, 9.17) is 11.6 Å². The van der Waals surface area contributed by atoms with Gasteiger partial charge in [0.1, 0.15) is 5.82 Å². The fourth-order valence-electron chi connectivity index (χ4n) is 1.81. The average molecular weight is 310 g/mol. The Hall–Kier alpha value is -2.08. The van der Waals surface area contributed by atoms with Gasteiger partial charge in [0.15, 0.2) is 5.96 Å². The summed E-state index contributed by atoms with van der Waals surface area (Å²) >= 11 is 5.75. The molecule has 2 rings (SSSR count). The lowest BCUT2D eigenvalue weighted by Crippen LogP contribution is -2.36. The lowest BCUT2D eigenvalue weighted by Gasteiger charge is -2.12. The van der Waals surface area contributed by atoms with Crippen molar-refractivity contribution in [2.45, 2.75) is 13.1 Å². The molecule has 5 nitrogen and oxygen atoms in total. The summed E-state index contributed by atoms with van der Waals surface area (Å²) in [5.41, 5.74) is 1.92. The van der Waals surface area contributed by atoms with Crippen LogP contribution in [0.2, 0.25) is 5.02 Å². The molecule has 0 aliphatic carbocycles. The smallest absolute Gasteiger partial charge is 0.191 e. The summed E-state index contributed by atoms with van der Waals surface area (Å²) in [5.74, 6) is 0.232. The Bertz CT molecular complexity index is 638. The number of halogens is 2. The maximum atomic E-state index is 13.1. The Balaban J connectivity index is 1.88. The van der Waals surface area contributed by atoms with E-state index in [1.54, 1.807) is 30.1 Å². The minimum Gasteiger partial charge on any atom is -0.352 e. The van der Waals surface area contributed by atoms with Crippen LogP contribution in [0.1, 0.15) is 11.3 Å². The van der Waals surface area contributed by atoms with Gasteiger partial charge >= 0.3 is 0 Å². The molecule has 1 heterocycles. The van der Waals surface area contributed by atoms with Crippen LogP contribution < -0.4 is 10.6 Å². The van der Waals surface area contributed by atoms with Crippen LogP contribution in [0.25, 0.3) is 0 Å². The minimum absolute atomic E-state index is 0.118. The second kappa shape index (κ2) is 7.08. The minimum atomic E-state index is -0.417. The Morgan fingerprint density at radius 1 is 1.33 bits per heavy atom. The number of hydrogen-bond donors (Lipinski definition) is 2. The van der Waals surface area contributed by atoms with Crippen LogP contribution in [0.5, 0.6) is 0 Å². The summed E-state index contributed by atoms with van der Waals surface area (Å²) < 4.78 is 14.9. The third-order valence-electron chi connectivity index (χ3n) is 3.03. The summed E-state index contributed by atoms with van der Waals surface area (Å²) in [4.78, 5) is 4.13. The maximum Gasteiger partial charge on any atom is 0.191 e. The number of benzene rings is 1. The molecule has 0 saturated carbocycles. The lowest BCUT2D eigenvalue weighted by atomic mass is 10.2. The third kappa shape index (κ3) is 4.19. The van der Waals surface area contributed by atoms with E-state index >= 15 is 0 Å². The van der Waals surface area contributed by atoms with E-state index in [0.717, 1.165) is 11.3 Å². The van der Waals surface area contributed by atoms with Crippen molar-refractivity contribution >= 4 is 17.6 Å². The molecule has 2 N–H and O–H groups in total. The van der Waals surface area contributed by atoms with Gasteiger partial charge in [0.05, 0.1) is 17.3 Å². The summed E-state index contributed by atoms with van der Waals surface area (Å²) in [5, 5.41) is 10.5. The molecule has 0 saturated heterocycles. The molecule has 2 aromatic rings. The molecule has 0 fully saturated rings. The molecule has 0 aliphatic rings. The van der Waals surface area contributed by atoms with Gasteiger partial charge in [0.25, 0.3) is 0 Å².